The molecule has 3 atom stereocenters. The SMILES string of the molecule is CC(c1ccc(-c2ccn(C[C@H](C)CO)c(=O)c2)cc1)N1CC[C@](CC(C)(C)O)(c2ccccc2)OC1=O. The number of carbonyl (C=O) groups is 1. The van der Waals surface area contributed by atoms with E-state index >= 15 is 0 Å². The molecule has 1 amide bonds. The van der Waals surface area contributed by atoms with Crippen LogP contribution < -0.4 is 5.56 Å². The van der Waals surface area contributed by atoms with E-state index in [0.29, 0.717) is 25.9 Å². The maximum Gasteiger partial charge on any atom is 0.411 e. The molecule has 7 nitrogen and oxygen atoms in total. The lowest BCUT2D eigenvalue weighted by molar-refractivity contribution is -0.101. The average molecular weight is 519 g/mol. The molecular weight excluding hydrogens is 480 g/mol. The Balaban J connectivity index is 1.49. The van der Waals surface area contributed by atoms with Crippen LogP contribution >= 0.6 is 0 Å². The van der Waals surface area contributed by atoms with E-state index in [2.05, 4.69) is 0 Å². The summed E-state index contributed by atoms with van der Waals surface area (Å²) in [6.07, 6.45) is 2.24. The van der Waals surface area contributed by atoms with Crippen LogP contribution in [0.5, 0.6) is 0 Å². The van der Waals surface area contributed by atoms with Crippen LogP contribution in [0, 0.1) is 5.92 Å². The maximum absolute atomic E-state index is 13.3. The monoisotopic (exact) mass is 518 g/mol. The lowest BCUT2D eigenvalue weighted by Gasteiger charge is -2.45. The van der Waals surface area contributed by atoms with Crippen molar-refractivity contribution >= 4 is 6.09 Å². The van der Waals surface area contributed by atoms with Gasteiger partial charge in [0.25, 0.3) is 5.56 Å². The Bertz CT molecular complexity index is 1300. The van der Waals surface area contributed by atoms with Crippen molar-refractivity contribution in [2.24, 2.45) is 5.92 Å². The third-order valence-electron chi connectivity index (χ3n) is 7.30. The first-order valence-corrected chi connectivity index (χ1v) is 13.2. The van der Waals surface area contributed by atoms with E-state index in [1.54, 1.807) is 35.6 Å². The summed E-state index contributed by atoms with van der Waals surface area (Å²) in [5, 5.41) is 19.9. The van der Waals surface area contributed by atoms with Gasteiger partial charge in [0.05, 0.1) is 11.6 Å². The van der Waals surface area contributed by atoms with Gasteiger partial charge in [-0.2, -0.15) is 0 Å². The number of benzene rings is 2. The second-order valence-corrected chi connectivity index (χ2v) is 11.2. The van der Waals surface area contributed by atoms with Crippen molar-refractivity contribution in [2.75, 3.05) is 13.2 Å². The normalized spacial score (nSPS) is 19.6. The molecule has 0 saturated carbocycles. The van der Waals surface area contributed by atoms with Gasteiger partial charge in [0.15, 0.2) is 0 Å². The van der Waals surface area contributed by atoms with Gasteiger partial charge in [0.1, 0.15) is 5.60 Å². The predicted octanol–water partition coefficient (Wildman–Crippen LogP) is 5.10. The van der Waals surface area contributed by atoms with Gasteiger partial charge in [0, 0.05) is 44.8 Å². The van der Waals surface area contributed by atoms with Gasteiger partial charge in [0.2, 0.25) is 0 Å². The molecule has 1 aliphatic rings. The highest BCUT2D eigenvalue weighted by molar-refractivity contribution is 5.70. The minimum atomic E-state index is -1.00. The lowest BCUT2D eigenvalue weighted by Crippen LogP contribution is -2.51. The van der Waals surface area contributed by atoms with Crippen LogP contribution in [0.3, 0.4) is 0 Å². The molecule has 2 aromatic carbocycles. The Morgan fingerprint density at radius 1 is 1.00 bits per heavy atom. The van der Waals surface area contributed by atoms with Crippen molar-refractivity contribution < 1.29 is 19.7 Å². The highest BCUT2D eigenvalue weighted by atomic mass is 16.6. The van der Waals surface area contributed by atoms with Crippen LogP contribution in [-0.4, -0.2) is 44.5 Å². The number of hydrogen-bond donors (Lipinski definition) is 2. The van der Waals surface area contributed by atoms with Crippen LogP contribution in [0.1, 0.15) is 57.7 Å². The molecule has 202 valence electrons. The molecule has 7 heteroatoms. The molecule has 1 aliphatic heterocycles. The summed E-state index contributed by atoms with van der Waals surface area (Å²) in [4.78, 5) is 27.6. The first-order valence-electron chi connectivity index (χ1n) is 13.2. The average Bonchev–Trinajstić information content (AvgIpc) is 2.89. The molecule has 38 heavy (non-hydrogen) atoms. The standard InChI is InChI=1S/C31H38N2O5/c1-22(20-34)19-32-16-14-26(18-28(32)35)25-12-10-24(11-13-25)23(2)33-17-15-31(38-29(33)36,21-30(3,4)37)27-8-6-5-7-9-27/h5-14,16,18,22-23,34,37H,15,17,19-21H2,1-4H3/t22-,23?,31-/m0/s1. The fraction of sp³-hybridized carbons (Fsp3) is 0.419. The zero-order chi connectivity index (χ0) is 27.5. The number of ether oxygens (including phenoxy) is 1. The molecule has 1 aromatic heterocycles. The van der Waals surface area contributed by atoms with Gasteiger partial charge in [-0.15, -0.1) is 0 Å². The van der Waals surface area contributed by atoms with Crippen molar-refractivity contribution in [3.63, 3.8) is 0 Å². The fourth-order valence-electron chi connectivity index (χ4n) is 5.26. The topological polar surface area (TPSA) is 92.0 Å². The second kappa shape index (κ2) is 11.1. The Kier molecular flexibility index (Phi) is 8.09. The van der Waals surface area contributed by atoms with Gasteiger partial charge < -0.3 is 24.4 Å². The molecule has 0 bridgehead atoms. The van der Waals surface area contributed by atoms with Crippen molar-refractivity contribution in [1.82, 2.24) is 9.47 Å². The first-order chi connectivity index (χ1) is 18.0. The third-order valence-corrected chi connectivity index (χ3v) is 7.30. The van der Waals surface area contributed by atoms with Gasteiger partial charge in [-0.25, -0.2) is 4.79 Å². The Labute approximate surface area is 224 Å². The van der Waals surface area contributed by atoms with E-state index in [-0.39, 0.29) is 24.1 Å². The van der Waals surface area contributed by atoms with E-state index in [1.165, 1.54) is 0 Å². The van der Waals surface area contributed by atoms with E-state index < -0.39 is 17.3 Å². The molecule has 1 fully saturated rings. The molecule has 2 N–H and O–H groups in total. The number of aromatic nitrogens is 1. The number of amides is 1. The molecule has 0 spiro atoms. The third kappa shape index (κ3) is 6.17. The Morgan fingerprint density at radius 2 is 1.68 bits per heavy atom. The number of aliphatic hydroxyl groups is 2. The fourth-order valence-corrected chi connectivity index (χ4v) is 5.26. The Morgan fingerprint density at radius 3 is 2.26 bits per heavy atom. The molecule has 3 aromatic rings. The van der Waals surface area contributed by atoms with Gasteiger partial charge in [-0.1, -0.05) is 61.5 Å². The number of aliphatic hydroxyl groups excluding tert-OH is 1. The van der Waals surface area contributed by atoms with Gasteiger partial charge in [-0.3, -0.25) is 4.79 Å². The number of carbonyl (C=O) groups excluding carboxylic acids is 1. The van der Waals surface area contributed by atoms with Gasteiger partial charge in [-0.05, 0) is 55.0 Å². The summed E-state index contributed by atoms with van der Waals surface area (Å²) >= 11 is 0. The first kappa shape index (κ1) is 27.6. The van der Waals surface area contributed by atoms with Crippen molar-refractivity contribution in [3.05, 3.63) is 94.4 Å². The number of hydrogen-bond acceptors (Lipinski definition) is 5. The van der Waals surface area contributed by atoms with Crippen LogP contribution in [0.25, 0.3) is 11.1 Å². The molecule has 0 aliphatic carbocycles. The summed E-state index contributed by atoms with van der Waals surface area (Å²) in [5.74, 6) is 0.00813. The van der Waals surface area contributed by atoms with Crippen LogP contribution in [-0.2, 0) is 16.9 Å². The highest BCUT2D eigenvalue weighted by Gasteiger charge is 2.46. The molecule has 1 saturated heterocycles. The lowest BCUT2D eigenvalue weighted by atomic mass is 9.80. The minimum absolute atomic E-state index is 0.00813. The molecule has 1 unspecified atom stereocenters. The van der Waals surface area contributed by atoms with E-state index in [1.807, 2.05) is 74.5 Å². The smallest absolute Gasteiger partial charge is 0.411 e. The van der Waals surface area contributed by atoms with Gasteiger partial charge >= 0.3 is 6.09 Å². The highest BCUT2D eigenvalue weighted by Crippen LogP contribution is 2.42. The second-order valence-electron chi connectivity index (χ2n) is 11.2. The quantitative estimate of drug-likeness (QED) is 0.411. The summed E-state index contributed by atoms with van der Waals surface area (Å²) in [6.45, 7) is 8.35. The van der Waals surface area contributed by atoms with Crippen LogP contribution in [0.2, 0.25) is 0 Å². The minimum Gasteiger partial charge on any atom is -0.438 e. The molecule has 4 rings (SSSR count). The number of nitrogens with zero attached hydrogens (tertiary/aromatic N) is 2. The van der Waals surface area contributed by atoms with Crippen molar-refractivity contribution in [2.45, 2.75) is 64.3 Å². The maximum atomic E-state index is 13.3. The molecular formula is C31H38N2O5. The summed E-state index contributed by atoms with van der Waals surface area (Å²) in [7, 11) is 0. The van der Waals surface area contributed by atoms with Crippen molar-refractivity contribution in [1.29, 1.82) is 0 Å². The Hall–Kier alpha value is -3.42. The van der Waals surface area contributed by atoms with E-state index in [0.717, 1.165) is 22.3 Å². The summed E-state index contributed by atoms with van der Waals surface area (Å²) < 4.78 is 7.73. The largest absolute Gasteiger partial charge is 0.438 e. The number of pyridine rings is 1. The van der Waals surface area contributed by atoms with Crippen LogP contribution in [0.15, 0.2) is 77.7 Å². The molecule has 0 radical (unpaired) electrons. The van der Waals surface area contributed by atoms with E-state index in [4.69, 9.17) is 4.74 Å². The van der Waals surface area contributed by atoms with Crippen molar-refractivity contribution in [3.8, 4) is 11.1 Å². The van der Waals surface area contributed by atoms with E-state index in [9.17, 15) is 19.8 Å². The summed E-state index contributed by atoms with van der Waals surface area (Å²) in [6, 6.07) is 20.8. The number of cyclic esters (lactones) is 1. The zero-order valence-electron chi connectivity index (χ0n) is 22.6. The predicted molar refractivity (Wildman–Crippen MR) is 148 cm³/mol. The number of rotatable bonds is 9. The summed E-state index contributed by atoms with van der Waals surface area (Å²) in [5.41, 5.74) is 1.59. The zero-order valence-corrected chi connectivity index (χ0v) is 22.6. The van der Waals surface area contributed by atoms with Crippen LogP contribution in [0.4, 0.5) is 4.79 Å². The molecule has 2 heterocycles.